The molecule has 130 valence electrons. The summed E-state index contributed by atoms with van der Waals surface area (Å²) in [4.78, 5) is 4.34. The number of aromatic nitrogens is 3. The monoisotopic (exact) mass is 368 g/mol. The fourth-order valence-electron chi connectivity index (χ4n) is 2.60. The van der Waals surface area contributed by atoms with E-state index in [1.807, 2.05) is 6.07 Å². The third-order valence-electron chi connectivity index (χ3n) is 3.85. The van der Waals surface area contributed by atoms with Gasteiger partial charge in [-0.1, -0.05) is 18.2 Å². The van der Waals surface area contributed by atoms with Crippen LogP contribution in [0.2, 0.25) is 0 Å². The molecule has 6 nitrogen and oxygen atoms in total. The van der Waals surface area contributed by atoms with Crippen molar-refractivity contribution in [3.8, 4) is 11.1 Å². The van der Waals surface area contributed by atoms with Crippen LogP contribution in [0, 0.1) is 5.82 Å². The summed E-state index contributed by atoms with van der Waals surface area (Å²) in [5.74, 6) is -0.515. The van der Waals surface area contributed by atoms with Crippen molar-refractivity contribution in [3.05, 3.63) is 72.8 Å². The van der Waals surface area contributed by atoms with Crippen molar-refractivity contribution < 1.29 is 12.8 Å². The summed E-state index contributed by atoms with van der Waals surface area (Å²) < 4.78 is 40.9. The highest BCUT2D eigenvalue weighted by atomic mass is 32.2. The van der Waals surface area contributed by atoms with Gasteiger partial charge in [-0.05, 0) is 42.0 Å². The van der Waals surface area contributed by atoms with Crippen LogP contribution in [-0.2, 0) is 10.0 Å². The largest absolute Gasteiger partial charge is 0.280 e. The van der Waals surface area contributed by atoms with Crippen molar-refractivity contribution in [2.24, 2.45) is 0 Å². The molecule has 0 amide bonds. The second-order valence-corrected chi connectivity index (χ2v) is 7.36. The first kappa shape index (κ1) is 16.2. The number of sulfonamides is 1. The van der Waals surface area contributed by atoms with Crippen LogP contribution in [0.3, 0.4) is 0 Å². The van der Waals surface area contributed by atoms with E-state index in [2.05, 4.69) is 19.9 Å². The lowest BCUT2D eigenvalue weighted by Crippen LogP contribution is -2.13. The third-order valence-corrected chi connectivity index (χ3v) is 5.22. The maximum absolute atomic E-state index is 13.3. The van der Waals surface area contributed by atoms with Crippen LogP contribution in [0.15, 0.2) is 71.9 Å². The molecule has 0 saturated carbocycles. The molecule has 0 bridgehead atoms. The molecular weight excluding hydrogens is 355 g/mol. The predicted molar refractivity (Wildman–Crippen MR) is 96.5 cm³/mol. The molecule has 2 N–H and O–H groups in total. The number of H-pyrrole nitrogens is 1. The van der Waals surface area contributed by atoms with E-state index in [1.54, 1.807) is 30.6 Å². The van der Waals surface area contributed by atoms with Crippen LogP contribution in [-0.4, -0.2) is 23.6 Å². The average Bonchev–Trinajstić information content (AvgIpc) is 3.09. The van der Waals surface area contributed by atoms with E-state index in [1.165, 1.54) is 24.3 Å². The summed E-state index contributed by atoms with van der Waals surface area (Å²) in [5, 5.41) is 7.52. The average molecular weight is 368 g/mol. The van der Waals surface area contributed by atoms with Gasteiger partial charge in [-0.15, -0.1) is 0 Å². The zero-order valence-electron chi connectivity index (χ0n) is 13.3. The van der Waals surface area contributed by atoms with Gasteiger partial charge < -0.3 is 0 Å². The van der Waals surface area contributed by atoms with Gasteiger partial charge in [0.1, 0.15) is 5.82 Å². The zero-order valence-corrected chi connectivity index (χ0v) is 14.2. The highest BCUT2D eigenvalue weighted by molar-refractivity contribution is 7.92. The summed E-state index contributed by atoms with van der Waals surface area (Å²) >= 11 is 0. The number of fused-ring (bicyclic) bond motifs is 1. The van der Waals surface area contributed by atoms with Crippen LogP contribution < -0.4 is 4.72 Å². The molecule has 0 spiro atoms. The Kier molecular flexibility index (Phi) is 3.89. The van der Waals surface area contributed by atoms with Crippen molar-refractivity contribution in [2.75, 3.05) is 4.72 Å². The Hall–Kier alpha value is -3.26. The minimum Gasteiger partial charge on any atom is -0.280 e. The van der Waals surface area contributed by atoms with E-state index < -0.39 is 15.8 Å². The van der Waals surface area contributed by atoms with E-state index in [0.29, 0.717) is 11.2 Å². The first-order chi connectivity index (χ1) is 12.5. The summed E-state index contributed by atoms with van der Waals surface area (Å²) in [6.07, 6.45) is 3.30. The number of nitrogens with one attached hydrogen (secondary N) is 2. The number of pyridine rings is 1. The van der Waals surface area contributed by atoms with Crippen LogP contribution in [0.5, 0.6) is 0 Å². The van der Waals surface area contributed by atoms with Crippen molar-refractivity contribution in [1.82, 2.24) is 15.2 Å². The number of hydrogen-bond acceptors (Lipinski definition) is 4. The second kappa shape index (κ2) is 6.23. The Balaban J connectivity index is 1.70. The zero-order chi connectivity index (χ0) is 18.1. The second-order valence-electron chi connectivity index (χ2n) is 5.68. The number of halogens is 1. The van der Waals surface area contributed by atoms with Gasteiger partial charge >= 0.3 is 0 Å². The van der Waals surface area contributed by atoms with E-state index in [9.17, 15) is 12.8 Å². The van der Waals surface area contributed by atoms with Gasteiger partial charge in [-0.2, -0.15) is 5.10 Å². The molecule has 8 heteroatoms. The van der Waals surface area contributed by atoms with Gasteiger partial charge in [0.25, 0.3) is 10.0 Å². The number of nitrogens with zero attached hydrogens (tertiary/aromatic N) is 2. The lowest BCUT2D eigenvalue weighted by molar-refractivity contribution is 0.601. The maximum atomic E-state index is 13.3. The Bertz CT molecular complexity index is 1200. The number of aromatic amines is 1. The topological polar surface area (TPSA) is 87.7 Å². The fourth-order valence-corrected chi connectivity index (χ4v) is 3.70. The smallest absolute Gasteiger partial charge is 0.261 e. The van der Waals surface area contributed by atoms with Gasteiger partial charge in [-0.25, -0.2) is 17.8 Å². The molecule has 26 heavy (non-hydrogen) atoms. The van der Waals surface area contributed by atoms with E-state index in [0.717, 1.165) is 17.0 Å². The van der Waals surface area contributed by atoms with Crippen LogP contribution in [0.1, 0.15) is 0 Å². The van der Waals surface area contributed by atoms with E-state index in [-0.39, 0.29) is 10.6 Å². The van der Waals surface area contributed by atoms with Crippen LogP contribution in [0.25, 0.3) is 22.2 Å². The Morgan fingerprint density at radius 2 is 1.81 bits per heavy atom. The van der Waals surface area contributed by atoms with Gasteiger partial charge in [0.15, 0.2) is 5.65 Å². The molecular formula is C18H13FN4O2S. The van der Waals surface area contributed by atoms with Crippen molar-refractivity contribution >= 4 is 26.7 Å². The van der Waals surface area contributed by atoms with Gasteiger partial charge in [0, 0.05) is 17.1 Å². The summed E-state index contributed by atoms with van der Waals surface area (Å²) in [5.41, 5.74) is 2.28. The summed E-state index contributed by atoms with van der Waals surface area (Å²) in [6.45, 7) is 0. The molecule has 2 aromatic heterocycles. The van der Waals surface area contributed by atoms with Crippen molar-refractivity contribution in [1.29, 1.82) is 0 Å². The molecule has 0 radical (unpaired) electrons. The molecule has 2 aromatic carbocycles. The highest BCUT2D eigenvalue weighted by Crippen LogP contribution is 2.25. The summed E-state index contributed by atoms with van der Waals surface area (Å²) in [7, 11) is -3.85. The highest BCUT2D eigenvalue weighted by Gasteiger charge is 2.15. The Morgan fingerprint density at radius 1 is 0.962 bits per heavy atom. The molecule has 2 heterocycles. The van der Waals surface area contributed by atoms with Gasteiger partial charge in [0.2, 0.25) is 0 Å². The number of benzene rings is 2. The van der Waals surface area contributed by atoms with E-state index >= 15 is 0 Å². The quantitative estimate of drug-likeness (QED) is 0.576. The number of hydrogen-bond donors (Lipinski definition) is 2. The molecule has 0 saturated heterocycles. The number of rotatable bonds is 4. The predicted octanol–water partition coefficient (Wildman–Crippen LogP) is 3.56. The Labute approximate surface area is 148 Å². The first-order valence-electron chi connectivity index (χ1n) is 7.69. The third kappa shape index (κ3) is 3.14. The minimum atomic E-state index is -3.85. The van der Waals surface area contributed by atoms with E-state index in [4.69, 9.17) is 0 Å². The van der Waals surface area contributed by atoms with Crippen molar-refractivity contribution in [3.63, 3.8) is 0 Å². The molecule has 0 fully saturated rings. The fraction of sp³-hybridized carbons (Fsp3) is 0. The number of anilines is 1. The van der Waals surface area contributed by atoms with Crippen LogP contribution in [0.4, 0.5) is 10.1 Å². The lowest BCUT2D eigenvalue weighted by Gasteiger charge is -2.10. The lowest BCUT2D eigenvalue weighted by atomic mass is 10.1. The maximum Gasteiger partial charge on any atom is 0.261 e. The molecule has 4 aromatic rings. The Morgan fingerprint density at radius 3 is 2.65 bits per heavy atom. The molecule has 0 unspecified atom stereocenters. The molecule has 0 aliphatic heterocycles. The molecule has 0 aliphatic rings. The molecule has 4 rings (SSSR count). The molecule has 0 aliphatic carbocycles. The van der Waals surface area contributed by atoms with Gasteiger partial charge in [0.05, 0.1) is 16.8 Å². The van der Waals surface area contributed by atoms with Crippen LogP contribution >= 0.6 is 0 Å². The van der Waals surface area contributed by atoms with Gasteiger partial charge in [-0.3, -0.25) is 9.82 Å². The summed E-state index contributed by atoms with van der Waals surface area (Å²) in [6, 6.07) is 13.6. The van der Waals surface area contributed by atoms with Crippen molar-refractivity contribution in [2.45, 2.75) is 4.90 Å². The standard InChI is InChI=1S/C18H13FN4O2S/c19-15-4-2-5-16(9-15)23-26(24,25)17-6-1-3-12(8-17)13-7-14-11-21-22-18(14)20-10-13/h1-11,23H,(H,20,21,22). The minimum absolute atomic E-state index is 0.0755. The normalized spacial score (nSPS) is 11.6. The molecule has 0 atom stereocenters. The SMILES string of the molecule is O=S(=O)(Nc1cccc(F)c1)c1cccc(-c2cnc3[nH]ncc3c2)c1. The first-order valence-corrected chi connectivity index (χ1v) is 9.17.